The Morgan fingerprint density at radius 3 is 2.95 bits per heavy atom. The maximum atomic E-state index is 11.8. The van der Waals surface area contributed by atoms with Crippen molar-refractivity contribution in [1.29, 1.82) is 0 Å². The molecule has 0 fully saturated rings. The van der Waals surface area contributed by atoms with Gasteiger partial charge >= 0.3 is 0 Å². The van der Waals surface area contributed by atoms with Crippen LogP contribution in [0.25, 0.3) is 0 Å². The van der Waals surface area contributed by atoms with Gasteiger partial charge in [-0.05, 0) is 37.1 Å². The van der Waals surface area contributed by atoms with Crippen LogP contribution in [0.15, 0.2) is 18.2 Å². The second-order valence-corrected chi connectivity index (χ2v) is 6.32. The SMILES string of the molecule is CCCCc1nnc(NC(=O)COc2ccc(Cl)c(C)c2)s1. The van der Waals surface area contributed by atoms with Crippen LogP contribution < -0.4 is 10.1 Å². The van der Waals surface area contributed by atoms with E-state index in [9.17, 15) is 4.79 Å². The first kappa shape index (κ1) is 16.7. The molecule has 1 N–H and O–H groups in total. The molecule has 0 unspecified atom stereocenters. The van der Waals surface area contributed by atoms with Crippen molar-refractivity contribution in [2.75, 3.05) is 11.9 Å². The molecule has 1 aromatic carbocycles. The Morgan fingerprint density at radius 2 is 2.23 bits per heavy atom. The zero-order valence-electron chi connectivity index (χ0n) is 12.6. The molecular weight excluding hydrogens is 322 g/mol. The third-order valence-corrected chi connectivity index (χ3v) is 4.28. The van der Waals surface area contributed by atoms with Crippen LogP contribution in [-0.4, -0.2) is 22.7 Å². The van der Waals surface area contributed by atoms with Crippen molar-refractivity contribution in [2.24, 2.45) is 0 Å². The van der Waals surface area contributed by atoms with E-state index in [1.54, 1.807) is 18.2 Å². The number of anilines is 1. The van der Waals surface area contributed by atoms with Crippen molar-refractivity contribution in [3.8, 4) is 5.75 Å². The van der Waals surface area contributed by atoms with Gasteiger partial charge in [0, 0.05) is 11.4 Å². The Kier molecular flexibility index (Phi) is 6.15. The highest BCUT2D eigenvalue weighted by Gasteiger charge is 2.09. The zero-order chi connectivity index (χ0) is 15.9. The average Bonchev–Trinajstić information content (AvgIpc) is 2.94. The molecule has 0 radical (unpaired) electrons. The third-order valence-electron chi connectivity index (χ3n) is 2.96. The maximum Gasteiger partial charge on any atom is 0.264 e. The van der Waals surface area contributed by atoms with E-state index in [2.05, 4.69) is 22.4 Å². The number of amides is 1. The molecule has 0 spiro atoms. The number of ether oxygens (including phenoxy) is 1. The molecule has 0 atom stereocenters. The second kappa shape index (κ2) is 8.10. The first-order valence-electron chi connectivity index (χ1n) is 7.09. The van der Waals surface area contributed by atoms with E-state index in [1.807, 2.05) is 6.92 Å². The average molecular weight is 340 g/mol. The van der Waals surface area contributed by atoms with Gasteiger partial charge in [0.05, 0.1) is 0 Å². The van der Waals surface area contributed by atoms with Crippen molar-refractivity contribution in [1.82, 2.24) is 10.2 Å². The maximum absolute atomic E-state index is 11.8. The van der Waals surface area contributed by atoms with Gasteiger partial charge in [-0.1, -0.05) is 36.3 Å². The Hall–Kier alpha value is -1.66. The molecule has 2 rings (SSSR count). The van der Waals surface area contributed by atoms with E-state index in [4.69, 9.17) is 16.3 Å². The number of carbonyl (C=O) groups excluding carboxylic acids is 1. The molecule has 1 amide bonds. The molecule has 1 aromatic heterocycles. The Morgan fingerprint density at radius 1 is 1.41 bits per heavy atom. The van der Waals surface area contributed by atoms with Gasteiger partial charge in [-0.25, -0.2) is 0 Å². The number of nitrogens with zero attached hydrogens (tertiary/aromatic N) is 2. The highest BCUT2D eigenvalue weighted by Crippen LogP contribution is 2.21. The van der Waals surface area contributed by atoms with E-state index in [1.165, 1.54) is 11.3 Å². The highest BCUT2D eigenvalue weighted by atomic mass is 35.5. The summed E-state index contributed by atoms with van der Waals surface area (Å²) >= 11 is 7.34. The molecule has 0 aliphatic rings. The van der Waals surface area contributed by atoms with E-state index < -0.39 is 0 Å². The number of nitrogens with one attached hydrogen (secondary N) is 1. The van der Waals surface area contributed by atoms with Crippen LogP contribution in [0.2, 0.25) is 5.02 Å². The zero-order valence-corrected chi connectivity index (χ0v) is 14.1. The summed E-state index contributed by atoms with van der Waals surface area (Å²) in [6, 6.07) is 5.27. The van der Waals surface area contributed by atoms with E-state index in [-0.39, 0.29) is 12.5 Å². The van der Waals surface area contributed by atoms with E-state index in [0.29, 0.717) is 15.9 Å². The molecule has 0 aliphatic carbocycles. The Bertz CT molecular complexity index is 645. The van der Waals surface area contributed by atoms with Crippen molar-refractivity contribution < 1.29 is 9.53 Å². The summed E-state index contributed by atoms with van der Waals surface area (Å²) < 4.78 is 5.43. The number of unbranched alkanes of at least 4 members (excludes halogenated alkanes) is 1. The summed E-state index contributed by atoms with van der Waals surface area (Å²) in [5.41, 5.74) is 0.907. The van der Waals surface area contributed by atoms with E-state index >= 15 is 0 Å². The summed E-state index contributed by atoms with van der Waals surface area (Å²) in [5, 5.41) is 12.8. The summed E-state index contributed by atoms with van der Waals surface area (Å²) in [6.07, 6.45) is 3.07. The summed E-state index contributed by atoms with van der Waals surface area (Å²) in [4.78, 5) is 11.8. The van der Waals surface area contributed by atoms with Crippen molar-refractivity contribution >= 4 is 34.0 Å². The number of aryl methyl sites for hydroxylation is 2. The Balaban J connectivity index is 1.82. The molecule has 0 aliphatic heterocycles. The molecular formula is C15H18ClN3O2S. The summed E-state index contributed by atoms with van der Waals surface area (Å²) in [5.74, 6) is 0.351. The number of hydrogen-bond donors (Lipinski definition) is 1. The number of hydrogen-bond acceptors (Lipinski definition) is 5. The molecule has 118 valence electrons. The van der Waals surface area contributed by atoms with Crippen LogP contribution in [0.5, 0.6) is 5.75 Å². The van der Waals surface area contributed by atoms with Gasteiger partial charge in [0.1, 0.15) is 10.8 Å². The van der Waals surface area contributed by atoms with Crippen LogP contribution in [0.1, 0.15) is 30.3 Å². The normalized spacial score (nSPS) is 10.5. The predicted molar refractivity (Wildman–Crippen MR) is 88.8 cm³/mol. The first-order valence-corrected chi connectivity index (χ1v) is 8.29. The van der Waals surface area contributed by atoms with Crippen molar-refractivity contribution in [3.63, 3.8) is 0 Å². The molecule has 7 heteroatoms. The van der Waals surface area contributed by atoms with E-state index in [0.717, 1.165) is 29.8 Å². The van der Waals surface area contributed by atoms with Gasteiger partial charge in [0.15, 0.2) is 6.61 Å². The lowest BCUT2D eigenvalue weighted by molar-refractivity contribution is -0.118. The molecule has 1 heterocycles. The molecule has 2 aromatic rings. The van der Waals surface area contributed by atoms with Gasteiger partial charge in [-0.2, -0.15) is 0 Å². The summed E-state index contributed by atoms with van der Waals surface area (Å²) in [7, 11) is 0. The fourth-order valence-electron chi connectivity index (χ4n) is 1.74. The van der Waals surface area contributed by atoms with Crippen LogP contribution in [0.3, 0.4) is 0 Å². The van der Waals surface area contributed by atoms with Crippen molar-refractivity contribution in [2.45, 2.75) is 33.1 Å². The lowest BCUT2D eigenvalue weighted by Gasteiger charge is -2.07. The number of aromatic nitrogens is 2. The minimum Gasteiger partial charge on any atom is -0.484 e. The lowest BCUT2D eigenvalue weighted by Crippen LogP contribution is -2.20. The van der Waals surface area contributed by atoms with Crippen molar-refractivity contribution in [3.05, 3.63) is 33.8 Å². The fraction of sp³-hybridized carbons (Fsp3) is 0.400. The molecule has 0 saturated carbocycles. The van der Waals surface area contributed by atoms with Crippen LogP contribution >= 0.6 is 22.9 Å². The smallest absolute Gasteiger partial charge is 0.264 e. The summed E-state index contributed by atoms with van der Waals surface area (Å²) in [6.45, 7) is 3.93. The minimum absolute atomic E-state index is 0.0784. The monoisotopic (exact) mass is 339 g/mol. The van der Waals surface area contributed by atoms with Gasteiger partial charge in [0.25, 0.3) is 5.91 Å². The molecule has 5 nitrogen and oxygen atoms in total. The topological polar surface area (TPSA) is 64.1 Å². The number of carbonyl (C=O) groups is 1. The lowest BCUT2D eigenvalue weighted by atomic mass is 10.2. The second-order valence-electron chi connectivity index (χ2n) is 4.85. The molecule has 0 saturated heterocycles. The quantitative estimate of drug-likeness (QED) is 0.831. The number of halogens is 1. The van der Waals surface area contributed by atoms with Crippen LogP contribution in [-0.2, 0) is 11.2 Å². The minimum atomic E-state index is -0.259. The predicted octanol–water partition coefficient (Wildman–Crippen LogP) is 3.86. The Labute approximate surface area is 138 Å². The standard InChI is InChI=1S/C15H18ClN3O2S/c1-3-4-5-14-18-19-15(22-14)17-13(20)9-21-11-6-7-12(16)10(2)8-11/h6-8H,3-5,9H2,1-2H3,(H,17,19,20). The molecule has 22 heavy (non-hydrogen) atoms. The first-order chi connectivity index (χ1) is 10.6. The number of benzene rings is 1. The fourth-order valence-corrected chi connectivity index (χ4v) is 2.66. The largest absolute Gasteiger partial charge is 0.484 e. The highest BCUT2D eigenvalue weighted by molar-refractivity contribution is 7.15. The molecule has 0 bridgehead atoms. The van der Waals surface area contributed by atoms with Gasteiger partial charge in [0.2, 0.25) is 5.13 Å². The van der Waals surface area contributed by atoms with Gasteiger partial charge < -0.3 is 4.74 Å². The van der Waals surface area contributed by atoms with Gasteiger partial charge in [-0.3, -0.25) is 10.1 Å². The van der Waals surface area contributed by atoms with Crippen LogP contribution in [0.4, 0.5) is 5.13 Å². The third kappa shape index (κ3) is 4.96. The number of rotatable bonds is 7. The van der Waals surface area contributed by atoms with Crippen LogP contribution in [0, 0.1) is 6.92 Å². The van der Waals surface area contributed by atoms with Gasteiger partial charge in [-0.15, -0.1) is 10.2 Å².